The van der Waals surface area contributed by atoms with Gasteiger partial charge in [0.05, 0.1) is 6.54 Å². The van der Waals surface area contributed by atoms with Gasteiger partial charge in [-0.15, -0.1) is 0 Å². The van der Waals surface area contributed by atoms with Crippen molar-refractivity contribution in [3.8, 4) is 0 Å². The molecule has 2 aromatic rings. The minimum absolute atomic E-state index is 0.479. The maximum Gasteiger partial charge on any atom is 0.132 e. The zero-order chi connectivity index (χ0) is 12.6. The van der Waals surface area contributed by atoms with Crippen LogP contribution in [0.4, 0.5) is 0 Å². The third kappa shape index (κ3) is 3.56. The van der Waals surface area contributed by atoms with Crippen LogP contribution in [0.1, 0.15) is 11.1 Å². The van der Waals surface area contributed by atoms with Gasteiger partial charge in [0.2, 0.25) is 0 Å². The Bertz CT molecular complexity index is 530. The monoisotopic (exact) mass is 237 g/mol. The van der Waals surface area contributed by atoms with E-state index in [2.05, 4.69) is 9.98 Å². The average molecular weight is 237 g/mol. The lowest BCUT2D eigenvalue weighted by atomic mass is 10.2. The van der Waals surface area contributed by atoms with Gasteiger partial charge in [-0.25, -0.2) is 4.99 Å². The molecule has 0 aliphatic carbocycles. The second-order valence-corrected chi connectivity index (χ2v) is 3.82. The van der Waals surface area contributed by atoms with Crippen LogP contribution in [-0.4, -0.2) is 12.2 Å². The summed E-state index contributed by atoms with van der Waals surface area (Å²) in [7, 11) is 0. The van der Waals surface area contributed by atoms with E-state index in [1.54, 1.807) is 0 Å². The first-order valence-electron chi connectivity index (χ1n) is 5.77. The molecule has 0 unspecified atom stereocenters. The average Bonchev–Trinajstić information content (AvgIpc) is 2.45. The van der Waals surface area contributed by atoms with E-state index in [4.69, 9.17) is 5.73 Å². The maximum atomic E-state index is 5.83. The highest BCUT2D eigenvalue weighted by Gasteiger charge is 1.93. The number of aliphatic imine (C=N–C) groups is 2. The van der Waals surface area contributed by atoms with Crippen LogP contribution in [0.2, 0.25) is 0 Å². The molecule has 0 amide bonds. The SMILES string of the molecule is N/C(=N\C=N/Cc1ccccc1)c1ccccc1. The van der Waals surface area contributed by atoms with Gasteiger partial charge in [0.1, 0.15) is 12.2 Å². The zero-order valence-electron chi connectivity index (χ0n) is 10.0. The van der Waals surface area contributed by atoms with E-state index < -0.39 is 0 Å². The molecule has 3 nitrogen and oxygen atoms in total. The van der Waals surface area contributed by atoms with Gasteiger partial charge in [-0.1, -0.05) is 60.7 Å². The molecule has 2 N–H and O–H groups in total. The van der Waals surface area contributed by atoms with Crippen LogP contribution in [0.5, 0.6) is 0 Å². The van der Waals surface area contributed by atoms with Crippen molar-refractivity contribution < 1.29 is 0 Å². The molecule has 0 bridgehead atoms. The second-order valence-electron chi connectivity index (χ2n) is 3.82. The van der Waals surface area contributed by atoms with E-state index >= 15 is 0 Å². The highest BCUT2D eigenvalue weighted by atomic mass is 14.9. The zero-order valence-corrected chi connectivity index (χ0v) is 10.0. The normalized spacial score (nSPS) is 11.9. The number of nitrogens with two attached hydrogens (primary N) is 1. The molecule has 0 heterocycles. The third-order valence-corrected chi connectivity index (χ3v) is 2.46. The smallest absolute Gasteiger partial charge is 0.132 e. The maximum absolute atomic E-state index is 5.83. The topological polar surface area (TPSA) is 50.7 Å². The summed E-state index contributed by atoms with van der Waals surface area (Å²) in [5.41, 5.74) is 7.89. The molecular weight excluding hydrogens is 222 g/mol. The number of hydrogen-bond acceptors (Lipinski definition) is 1. The molecular formula is C15H15N3. The van der Waals surface area contributed by atoms with E-state index in [0.717, 1.165) is 11.1 Å². The van der Waals surface area contributed by atoms with Crippen molar-refractivity contribution in [1.29, 1.82) is 0 Å². The summed E-state index contributed by atoms with van der Waals surface area (Å²) in [6.07, 6.45) is 1.51. The molecule has 0 aromatic heterocycles. The summed E-state index contributed by atoms with van der Waals surface area (Å²) in [5, 5.41) is 0. The standard InChI is InChI=1S/C15H15N3/c16-15(14-9-5-2-6-10-14)18-12-17-11-13-7-3-1-4-8-13/h1-10,12H,11H2,(H2,16,17,18). The van der Waals surface area contributed by atoms with Crippen molar-refractivity contribution in [2.45, 2.75) is 6.54 Å². The molecule has 0 radical (unpaired) electrons. The van der Waals surface area contributed by atoms with E-state index in [1.165, 1.54) is 6.34 Å². The highest BCUT2D eigenvalue weighted by Crippen LogP contribution is 2.00. The first kappa shape index (κ1) is 12.0. The minimum atomic E-state index is 0.479. The van der Waals surface area contributed by atoms with E-state index in [9.17, 15) is 0 Å². The molecule has 0 saturated heterocycles. The van der Waals surface area contributed by atoms with Crippen molar-refractivity contribution in [3.63, 3.8) is 0 Å². The molecule has 0 aliphatic rings. The van der Waals surface area contributed by atoms with E-state index in [-0.39, 0.29) is 0 Å². The third-order valence-electron chi connectivity index (χ3n) is 2.46. The summed E-state index contributed by atoms with van der Waals surface area (Å²) in [4.78, 5) is 8.33. The van der Waals surface area contributed by atoms with Crippen LogP contribution in [0.15, 0.2) is 70.6 Å². The fourth-order valence-electron chi connectivity index (χ4n) is 1.52. The summed E-state index contributed by atoms with van der Waals surface area (Å²) in [6.45, 7) is 0.617. The molecule has 2 aromatic carbocycles. The predicted octanol–water partition coefficient (Wildman–Crippen LogP) is 2.62. The molecule has 2 rings (SSSR count). The van der Waals surface area contributed by atoms with Gasteiger partial charge < -0.3 is 5.73 Å². The van der Waals surface area contributed by atoms with Crippen molar-refractivity contribution in [2.24, 2.45) is 15.7 Å². The fourth-order valence-corrected chi connectivity index (χ4v) is 1.52. The van der Waals surface area contributed by atoms with E-state index in [1.807, 2.05) is 60.7 Å². The molecule has 18 heavy (non-hydrogen) atoms. The van der Waals surface area contributed by atoms with Crippen LogP contribution in [0.3, 0.4) is 0 Å². The molecule has 0 atom stereocenters. The van der Waals surface area contributed by atoms with Crippen molar-refractivity contribution in [3.05, 3.63) is 71.8 Å². The Morgan fingerprint density at radius 3 is 2.22 bits per heavy atom. The predicted molar refractivity (Wildman–Crippen MR) is 75.8 cm³/mol. The summed E-state index contributed by atoms with van der Waals surface area (Å²) < 4.78 is 0. The van der Waals surface area contributed by atoms with Gasteiger partial charge in [0.15, 0.2) is 0 Å². The molecule has 0 spiro atoms. The van der Waals surface area contributed by atoms with Gasteiger partial charge in [-0.05, 0) is 5.56 Å². The number of amidine groups is 1. The number of benzene rings is 2. The van der Waals surface area contributed by atoms with Crippen LogP contribution >= 0.6 is 0 Å². The van der Waals surface area contributed by atoms with Crippen LogP contribution in [-0.2, 0) is 6.54 Å². The van der Waals surface area contributed by atoms with Crippen molar-refractivity contribution in [1.82, 2.24) is 0 Å². The first-order valence-corrected chi connectivity index (χ1v) is 5.77. The molecule has 3 heteroatoms. The number of hydrogen-bond donors (Lipinski definition) is 1. The molecule has 0 aliphatic heterocycles. The summed E-state index contributed by atoms with van der Waals surface area (Å²) in [6, 6.07) is 19.7. The molecule has 0 saturated carbocycles. The molecule has 0 fully saturated rings. The lowest BCUT2D eigenvalue weighted by Gasteiger charge is -1.97. The Kier molecular flexibility index (Phi) is 4.25. The Labute approximate surface area is 107 Å². The number of nitrogens with zero attached hydrogens (tertiary/aromatic N) is 2. The lowest BCUT2D eigenvalue weighted by Crippen LogP contribution is -2.12. The Hall–Kier alpha value is -2.42. The minimum Gasteiger partial charge on any atom is -0.383 e. The van der Waals surface area contributed by atoms with Gasteiger partial charge in [0.25, 0.3) is 0 Å². The number of rotatable bonds is 4. The van der Waals surface area contributed by atoms with E-state index in [0.29, 0.717) is 12.4 Å². The van der Waals surface area contributed by atoms with Crippen LogP contribution in [0.25, 0.3) is 0 Å². The second kappa shape index (κ2) is 6.35. The van der Waals surface area contributed by atoms with Gasteiger partial charge in [-0.2, -0.15) is 0 Å². The molecule has 90 valence electrons. The fraction of sp³-hybridized carbons (Fsp3) is 0.0667. The quantitative estimate of drug-likeness (QED) is 0.645. The largest absolute Gasteiger partial charge is 0.383 e. The lowest BCUT2D eigenvalue weighted by molar-refractivity contribution is 1.07. The summed E-state index contributed by atoms with van der Waals surface area (Å²) >= 11 is 0. The Morgan fingerprint density at radius 1 is 0.944 bits per heavy atom. The van der Waals surface area contributed by atoms with Gasteiger partial charge in [-0.3, -0.25) is 4.99 Å². The Balaban J connectivity index is 1.95. The Morgan fingerprint density at radius 2 is 1.56 bits per heavy atom. The van der Waals surface area contributed by atoms with Gasteiger partial charge in [0, 0.05) is 5.56 Å². The van der Waals surface area contributed by atoms with Gasteiger partial charge >= 0.3 is 0 Å². The van der Waals surface area contributed by atoms with Crippen molar-refractivity contribution in [2.75, 3.05) is 0 Å². The van der Waals surface area contributed by atoms with Crippen molar-refractivity contribution >= 4 is 12.2 Å². The first-order chi connectivity index (χ1) is 8.86. The van der Waals surface area contributed by atoms with Crippen LogP contribution in [0, 0.1) is 0 Å². The summed E-state index contributed by atoms with van der Waals surface area (Å²) in [5.74, 6) is 0.479. The highest BCUT2D eigenvalue weighted by molar-refractivity contribution is 6.01. The van der Waals surface area contributed by atoms with Crippen LogP contribution < -0.4 is 5.73 Å².